The van der Waals surface area contributed by atoms with Crippen molar-refractivity contribution < 1.29 is 4.68 Å². The van der Waals surface area contributed by atoms with Gasteiger partial charge in [-0.15, -0.1) is 4.68 Å². The number of hydrazone groups is 1. The second-order valence-corrected chi connectivity index (χ2v) is 2.48. The van der Waals surface area contributed by atoms with E-state index in [-0.39, 0.29) is 0 Å². The van der Waals surface area contributed by atoms with Crippen molar-refractivity contribution in [2.45, 2.75) is 20.3 Å². The molecule has 3 nitrogen and oxygen atoms in total. The molecule has 64 valence electrons. The molecular weight excluding hydrogens is 138 g/mol. The summed E-state index contributed by atoms with van der Waals surface area (Å²) in [7, 11) is 3.96. The minimum atomic E-state index is 0.863. The molecule has 11 heavy (non-hydrogen) atoms. The summed E-state index contributed by atoms with van der Waals surface area (Å²) in [6, 6.07) is 2.92. The van der Waals surface area contributed by atoms with E-state index < -0.39 is 0 Å². The van der Waals surface area contributed by atoms with Crippen LogP contribution in [-0.2, 0) is 0 Å². The van der Waals surface area contributed by atoms with Crippen LogP contribution in [-0.4, -0.2) is 42.9 Å². The predicted octanol–water partition coefficient (Wildman–Crippen LogP) is 1.08. The highest BCUT2D eigenvalue weighted by molar-refractivity contribution is 5.33. The topological polar surface area (TPSA) is 18.6 Å². The normalized spacial score (nSPS) is 8.73. The molecule has 0 aromatic carbocycles. The average molecular weight is 156 g/mol. The molecule has 0 saturated heterocycles. The molecule has 0 bridgehead atoms. The second-order valence-electron chi connectivity index (χ2n) is 2.48. The van der Waals surface area contributed by atoms with Gasteiger partial charge in [0.05, 0.1) is 6.54 Å². The van der Waals surface area contributed by atoms with Gasteiger partial charge in [0.15, 0.2) is 0 Å². The number of nitrogens with zero attached hydrogens (tertiary/aromatic N) is 3. The fourth-order valence-corrected chi connectivity index (χ4v) is 0.553. The van der Waals surface area contributed by atoms with Gasteiger partial charge in [0.2, 0.25) is 0 Å². The fraction of sp³-hybridized carbons (Fsp3) is 0.875. The van der Waals surface area contributed by atoms with E-state index >= 15 is 0 Å². The lowest BCUT2D eigenvalue weighted by molar-refractivity contribution is -0.656. The van der Waals surface area contributed by atoms with Crippen LogP contribution in [0.4, 0.5) is 0 Å². The van der Waals surface area contributed by atoms with E-state index in [1.54, 1.807) is 0 Å². The molecule has 0 atom stereocenters. The Hall–Kier alpha value is -0.820. The maximum Gasteiger partial charge on any atom is 0.332 e. The van der Waals surface area contributed by atoms with Gasteiger partial charge in [-0.1, -0.05) is 6.92 Å². The van der Waals surface area contributed by atoms with Crippen LogP contribution >= 0.6 is 0 Å². The van der Waals surface area contributed by atoms with E-state index in [1.165, 1.54) is 0 Å². The third-order valence-corrected chi connectivity index (χ3v) is 1.52. The first-order valence-corrected chi connectivity index (χ1v) is 4.09. The Bertz CT molecular complexity index is 157. The zero-order chi connectivity index (χ0) is 8.69. The summed E-state index contributed by atoms with van der Waals surface area (Å²) in [5.74, 6) is 0. The molecule has 0 aromatic rings. The van der Waals surface area contributed by atoms with Gasteiger partial charge >= 0.3 is 6.01 Å². The van der Waals surface area contributed by atoms with Crippen molar-refractivity contribution in [1.29, 1.82) is 0 Å². The number of hydrazine groups is 1. The fourth-order valence-electron chi connectivity index (χ4n) is 0.553. The first kappa shape index (κ1) is 10.2. The molecule has 0 aliphatic carbocycles. The Morgan fingerprint density at radius 2 is 2.09 bits per heavy atom. The van der Waals surface area contributed by atoms with Crippen molar-refractivity contribution >= 4 is 6.01 Å². The van der Waals surface area contributed by atoms with Gasteiger partial charge in [-0.25, -0.2) is 5.01 Å². The molecular formula is C8H18N3+. The molecule has 0 rings (SSSR count). The third kappa shape index (κ3) is 4.57. The predicted molar refractivity (Wildman–Crippen MR) is 47.1 cm³/mol. The highest BCUT2D eigenvalue weighted by Crippen LogP contribution is 1.78. The summed E-state index contributed by atoms with van der Waals surface area (Å²) < 4.78 is 1.87. The van der Waals surface area contributed by atoms with E-state index in [4.69, 9.17) is 0 Å². The maximum absolute atomic E-state index is 4.09. The summed E-state index contributed by atoms with van der Waals surface area (Å²) in [5.41, 5.74) is 0. The molecule has 0 amide bonds. The van der Waals surface area contributed by atoms with Gasteiger partial charge in [-0.2, -0.15) is 0 Å². The number of aliphatic imine (C=N–C) groups is 1. The van der Waals surface area contributed by atoms with Crippen molar-refractivity contribution in [3.05, 3.63) is 0 Å². The van der Waals surface area contributed by atoms with Crippen LogP contribution in [0.5, 0.6) is 0 Å². The molecule has 0 radical (unpaired) electrons. The molecule has 0 spiro atoms. The molecule has 0 saturated carbocycles. The van der Waals surface area contributed by atoms with Gasteiger partial charge < -0.3 is 0 Å². The van der Waals surface area contributed by atoms with Crippen LogP contribution in [0.2, 0.25) is 0 Å². The van der Waals surface area contributed by atoms with Gasteiger partial charge in [-0.05, 0) is 18.3 Å². The van der Waals surface area contributed by atoms with Crippen LogP contribution in [0, 0.1) is 0 Å². The summed E-state index contributed by atoms with van der Waals surface area (Å²) in [5, 5.41) is 2.04. The molecule has 0 heterocycles. The van der Waals surface area contributed by atoms with Crippen LogP contribution in [0.25, 0.3) is 0 Å². The molecule has 0 unspecified atom stereocenters. The summed E-state index contributed by atoms with van der Waals surface area (Å²) in [4.78, 5) is 4.09. The average Bonchev–Trinajstić information content (AvgIpc) is 2.03. The third-order valence-electron chi connectivity index (χ3n) is 1.52. The van der Waals surface area contributed by atoms with Crippen LogP contribution in [0.15, 0.2) is 4.99 Å². The Kier molecular flexibility index (Phi) is 5.49. The van der Waals surface area contributed by atoms with Crippen molar-refractivity contribution in [3.8, 4) is 0 Å². The molecule has 0 fully saturated rings. The highest BCUT2D eigenvalue weighted by atomic mass is 15.5. The highest BCUT2D eigenvalue weighted by Gasteiger charge is 1.94. The lowest BCUT2D eigenvalue weighted by Crippen LogP contribution is -2.27. The van der Waals surface area contributed by atoms with E-state index in [0.717, 1.165) is 19.5 Å². The lowest BCUT2D eigenvalue weighted by atomic mass is 10.5. The number of rotatable bonds is 4. The zero-order valence-corrected chi connectivity index (χ0v) is 7.96. The molecule has 0 aliphatic heterocycles. The Labute approximate surface area is 69.0 Å². The SMILES string of the molecule is CCCN=C=[N+](C)N(C)CC. The summed E-state index contributed by atoms with van der Waals surface area (Å²) in [6.45, 7) is 6.04. The lowest BCUT2D eigenvalue weighted by Gasteiger charge is -2.10. The maximum atomic E-state index is 4.09. The van der Waals surface area contributed by atoms with Crippen LogP contribution in [0.1, 0.15) is 20.3 Å². The van der Waals surface area contributed by atoms with Crippen molar-refractivity contribution in [1.82, 2.24) is 5.01 Å². The smallest absolute Gasteiger partial charge is 0.244 e. The van der Waals surface area contributed by atoms with E-state index in [9.17, 15) is 0 Å². The van der Waals surface area contributed by atoms with Crippen LogP contribution < -0.4 is 0 Å². The van der Waals surface area contributed by atoms with Crippen molar-refractivity contribution in [3.63, 3.8) is 0 Å². The van der Waals surface area contributed by atoms with E-state index in [0.29, 0.717) is 0 Å². The first-order chi connectivity index (χ1) is 5.22. The standard InChI is InChI=1S/C8H18N3/c1-5-7-9-8-11(4)10(3)6-2/h5-7H2,1-4H3/q+1. The monoisotopic (exact) mass is 156 g/mol. The quantitative estimate of drug-likeness (QED) is 0.338. The molecule has 0 aliphatic rings. The van der Waals surface area contributed by atoms with Crippen molar-refractivity contribution in [2.75, 3.05) is 27.2 Å². The molecule has 0 N–H and O–H groups in total. The van der Waals surface area contributed by atoms with E-state index in [1.807, 2.05) is 23.8 Å². The first-order valence-electron chi connectivity index (χ1n) is 4.09. The van der Waals surface area contributed by atoms with Crippen molar-refractivity contribution in [2.24, 2.45) is 4.99 Å². The minimum Gasteiger partial charge on any atom is -0.244 e. The second kappa shape index (κ2) is 5.93. The molecule has 0 aromatic heterocycles. The van der Waals surface area contributed by atoms with Gasteiger partial charge in [-0.3, -0.25) is 0 Å². The van der Waals surface area contributed by atoms with Gasteiger partial charge in [0.1, 0.15) is 13.6 Å². The summed E-state index contributed by atoms with van der Waals surface area (Å²) >= 11 is 0. The van der Waals surface area contributed by atoms with E-state index in [2.05, 4.69) is 24.8 Å². The largest absolute Gasteiger partial charge is 0.332 e. The van der Waals surface area contributed by atoms with Gasteiger partial charge in [0.25, 0.3) is 0 Å². The van der Waals surface area contributed by atoms with Gasteiger partial charge in [0, 0.05) is 7.05 Å². The Morgan fingerprint density at radius 3 is 2.55 bits per heavy atom. The Morgan fingerprint density at radius 1 is 1.45 bits per heavy atom. The van der Waals surface area contributed by atoms with Crippen LogP contribution in [0.3, 0.4) is 0 Å². The molecule has 3 heteroatoms. The summed E-state index contributed by atoms with van der Waals surface area (Å²) in [6.07, 6.45) is 1.08. The minimum absolute atomic E-state index is 0.863. The zero-order valence-electron chi connectivity index (χ0n) is 7.96. The Balaban J connectivity index is 3.97. The number of hydrogen-bond acceptors (Lipinski definition) is 2. The number of hydrogen-bond donors (Lipinski definition) is 0.